The first-order chi connectivity index (χ1) is 14.2. The van der Waals surface area contributed by atoms with Crippen LogP contribution in [-0.2, 0) is 11.2 Å². The molecule has 3 aliphatic heterocycles. The molecule has 144 valence electrons. The number of nitrogens with zero attached hydrogens (tertiary/aromatic N) is 2. The van der Waals surface area contributed by atoms with Gasteiger partial charge in [-0.05, 0) is 23.6 Å². The Hall–Kier alpha value is -3.11. The molecule has 3 heterocycles. The van der Waals surface area contributed by atoms with Crippen molar-refractivity contribution >= 4 is 23.3 Å². The van der Waals surface area contributed by atoms with Gasteiger partial charge in [0.25, 0.3) is 0 Å². The van der Waals surface area contributed by atoms with Crippen molar-refractivity contribution < 1.29 is 4.79 Å². The molecule has 4 nitrogen and oxygen atoms in total. The molecule has 3 aliphatic rings. The predicted molar refractivity (Wildman–Crippen MR) is 115 cm³/mol. The van der Waals surface area contributed by atoms with Crippen LogP contribution in [0.3, 0.4) is 0 Å². The molecule has 0 saturated carbocycles. The maximum Gasteiger partial charge on any atom is 0.248 e. The van der Waals surface area contributed by atoms with Gasteiger partial charge in [-0.2, -0.15) is 0 Å². The number of carbonyl (C=O) groups is 1. The Morgan fingerprint density at radius 2 is 1.86 bits per heavy atom. The fourth-order valence-corrected chi connectivity index (χ4v) is 4.35. The van der Waals surface area contributed by atoms with Crippen molar-refractivity contribution in [3.05, 3.63) is 107 Å². The molecule has 1 atom stereocenters. The molecule has 5 rings (SSSR count). The van der Waals surface area contributed by atoms with Gasteiger partial charge in [0, 0.05) is 42.1 Å². The summed E-state index contributed by atoms with van der Waals surface area (Å²) in [6.07, 6.45) is 6.84. The van der Waals surface area contributed by atoms with E-state index in [9.17, 15) is 4.79 Å². The number of hydrogen-bond donors (Lipinski definition) is 1. The molecule has 2 aromatic carbocycles. The highest BCUT2D eigenvalue weighted by atomic mass is 35.5. The second-order valence-corrected chi connectivity index (χ2v) is 7.89. The van der Waals surface area contributed by atoms with Crippen LogP contribution in [0.15, 0.2) is 94.9 Å². The fraction of sp³-hybridized carbons (Fsp3) is 0.167. The van der Waals surface area contributed by atoms with Gasteiger partial charge in [0.05, 0.1) is 11.1 Å². The molecule has 2 aromatic rings. The van der Waals surface area contributed by atoms with Gasteiger partial charge < -0.3 is 10.2 Å². The number of halogens is 1. The van der Waals surface area contributed by atoms with Gasteiger partial charge in [0.1, 0.15) is 5.84 Å². The lowest BCUT2D eigenvalue weighted by Crippen LogP contribution is -2.31. The lowest BCUT2D eigenvalue weighted by molar-refractivity contribution is -0.115. The van der Waals surface area contributed by atoms with Crippen LogP contribution in [0.1, 0.15) is 28.5 Å². The smallest absolute Gasteiger partial charge is 0.248 e. The topological polar surface area (TPSA) is 44.7 Å². The number of rotatable bonds is 4. The summed E-state index contributed by atoms with van der Waals surface area (Å²) < 4.78 is 0. The van der Waals surface area contributed by atoms with Crippen LogP contribution in [-0.4, -0.2) is 23.2 Å². The third-order valence-electron chi connectivity index (χ3n) is 5.47. The quantitative estimate of drug-likeness (QED) is 0.769. The Labute approximate surface area is 174 Å². The molecule has 1 N–H and O–H groups in total. The second-order valence-electron chi connectivity index (χ2n) is 7.37. The summed E-state index contributed by atoms with van der Waals surface area (Å²) in [6.45, 7) is 0.808. The van der Waals surface area contributed by atoms with E-state index in [1.165, 1.54) is 5.56 Å². The number of amidine groups is 1. The van der Waals surface area contributed by atoms with E-state index in [0.717, 1.165) is 53.3 Å². The monoisotopic (exact) mass is 401 g/mol. The van der Waals surface area contributed by atoms with E-state index in [0.29, 0.717) is 0 Å². The number of alkyl halides is 1. The molecule has 0 aliphatic carbocycles. The SMILES string of the molecule is O=C1C=CC2=CN=C(c3ccc(C(Cl)Cc4ccccc4)cc3)N3CCC(=C23)N1. The summed E-state index contributed by atoms with van der Waals surface area (Å²) in [7, 11) is 0. The van der Waals surface area contributed by atoms with Gasteiger partial charge in [-0.15, -0.1) is 11.6 Å². The van der Waals surface area contributed by atoms with E-state index in [-0.39, 0.29) is 11.3 Å². The van der Waals surface area contributed by atoms with E-state index in [4.69, 9.17) is 16.6 Å². The van der Waals surface area contributed by atoms with Crippen molar-refractivity contribution in [1.82, 2.24) is 10.2 Å². The maximum atomic E-state index is 11.9. The van der Waals surface area contributed by atoms with E-state index in [1.54, 1.807) is 6.08 Å². The molecule has 0 fully saturated rings. The normalized spacial score (nSPS) is 18.7. The van der Waals surface area contributed by atoms with Gasteiger partial charge in [-0.3, -0.25) is 4.79 Å². The average Bonchev–Trinajstić information content (AvgIpc) is 3.09. The molecule has 0 saturated heterocycles. The number of allylic oxidation sites excluding steroid dienone is 1. The predicted octanol–water partition coefficient (Wildman–Crippen LogP) is 4.46. The number of nitrogens with one attached hydrogen (secondary N) is 1. The first kappa shape index (κ1) is 18.0. The first-order valence-electron chi connectivity index (χ1n) is 9.75. The minimum absolute atomic E-state index is 0.0745. The number of aliphatic imine (C=N–C) groups is 1. The van der Waals surface area contributed by atoms with Crippen LogP contribution in [0.4, 0.5) is 0 Å². The molecular weight excluding hydrogens is 382 g/mol. The number of amides is 1. The minimum Gasteiger partial charge on any atom is -0.324 e. The van der Waals surface area contributed by atoms with Crippen molar-refractivity contribution in [3.63, 3.8) is 0 Å². The third-order valence-corrected chi connectivity index (χ3v) is 5.88. The maximum absolute atomic E-state index is 11.9. The molecule has 0 aromatic heterocycles. The fourth-order valence-electron chi connectivity index (χ4n) is 4.03. The number of benzene rings is 2. The summed E-state index contributed by atoms with van der Waals surface area (Å²) >= 11 is 6.66. The highest BCUT2D eigenvalue weighted by Gasteiger charge is 2.32. The van der Waals surface area contributed by atoms with Crippen LogP contribution in [0.5, 0.6) is 0 Å². The minimum atomic E-state index is -0.0814. The average molecular weight is 402 g/mol. The van der Waals surface area contributed by atoms with E-state index in [2.05, 4.69) is 46.6 Å². The van der Waals surface area contributed by atoms with Crippen molar-refractivity contribution in [1.29, 1.82) is 0 Å². The first-order valence-corrected chi connectivity index (χ1v) is 10.2. The highest BCUT2D eigenvalue weighted by Crippen LogP contribution is 2.34. The van der Waals surface area contributed by atoms with Crippen LogP contribution in [0.25, 0.3) is 0 Å². The molecule has 5 heteroatoms. The molecule has 0 spiro atoms. The van der Waals surface area contributed by atoms with Crippen LogP contribution in [0, 0.1) is 0 Å². The molecule has 29 heavy (non-hydrogen) atoms. The largest absolute Gasteiger partial charge is 0.324 e. The Bertz CT molecular complexity index is 1080. The van der Waals surface area contributed by atoms with E-state index < -0.39 is 0 Å². The summed E-state index contributed by atoms with van der Waals surface area (Å²) in [4.78, 5) is 18.8. The van der Waals surface area contributed by atoms with Crippen molar-refractivity contribution in [2.24, 2.45) is 4.99 Å². The van der Waals surface area contributed by atoms with Crippen molar-refractivity contribution in [3.8, 4) is 0 Å². The lowest BCUT2D eigenvalue weighted by Gasteiger charge is -2.27. The van der Waals surface area contributed by atoms with Gasteiger partial charge in [0.2, 0.25) is 5.91 Å². The lowest BCUT2D eigenvalue weighted by atomic mass is 10.0. The molecule has 1 unspecified atom stereocenters. The Morgan fingerprint density at radius 1 is 1.07 bits per heavy atom. The molecule has 1 amide bonds. The van der Waals surface area contributed by atoms with Gasteiger partial charge in [-0.1, -0.05) is 54.6 Å². The van der Waals surface area contributed by atoms with Crippen molar-refractivity contribution in [2.45, 2.75) is 18.2 Å². The zero-order chi connectivity index (χ0) is 19.8. The highest BCUT2D eigenvalue weighted by molar-refractivity contribution is 6.21. The Balaban J connectivity index is 1.40. The zero-order valence-electron chi connectivity index (χ0n) is 15.8. The standard InChI is InChI=1S/C24H20ClN3O/c25-20(14-16-4-2-1-3-5-16)17-6-8-18(9-7-17)24-26-15-19-10-11-22(29)27-21-12-13-28(24)23(19)21/h1-11,15,20H,12-14H2,(H,27,29). The summed E-state index contributed by atoms with van der Waals surface area (Å²) in [6, 6.07) is 18.6. The molecule has 0 bridgehead atoms. The second kappa shape index (κ2) is 7.37. The third kappa shape index (κ3) is 3.40. The van der Waals surface area contributed by atoms with E-state index >= 15 is 0 Å². The van der Waals surface area contributed by atoms with Gasteiger partial charge in [0.15, 0.2) is 0 Å². The summed E-state index contributed by atoms with van der Waals surface area (Å²) in [5.74, 6) is 0.825. The zero-order valence-corrected chi connectivity index (χ0v) is 16.6. The number of carbonyl (C=O) groups excluding carboxylic acids is 1. The summed E-state index contributed by atoms with van der Waals surface area (Å²) in [5, 5.41) is 2.91. The summed E-state index contributed by atoms with van der Waals surface area (Å²) in [5.41, 5.74) is 6.36. The number of hydrogen-bond acceptors (Lipinski definition) is 3. The Kier molecular flexibility index (Phi) is 4.57. The van der Waals surface area contributed by atoms with Gasteiger partial charge >= 0.3 is 0 Å². The van der Waals surface area contributed by atoms with Crippen LogP contribution >= 0.6 is 11.6 Å². The molecular formula is C24H20ClN3O. The van der Waals surface area contributed by atoms with E-state index in [1.807, 2.05) is 30.5 Å². The van der Waals surface area contributed by atoms with Crippen LogP contribution < -0.4 is 5.32 Å². The molecule has 0 radical (unpaired) electrons. The van der Waals surface area contributed by atoms with Gasteiger partial charge in [-0.25, -0.2) is 4.99 Å². The van der Waals surface area contributed by atoms with Crippen molar-refractivity contribution in [2.75, 3.05) is 6.54 Å². The van der Waals surface area contributed by atoms with Crippen LogP contribution in [0.2, 0.25) is 0 Å². The Morgan fingerprint density at radius 3 is 2.66 bits per heavy atom.